The van der Waals surface area contributed by atoms with E-state index in [0.717, 1.165) is 5.56 Å². The molecule has 0 saturated heterocycles. The van der Waals surface area contributed by atoms with Gasteiger partial charge in [-0.25, -0.2) is 9.67 Å². The molecule has 0 fully saturated rings. The molecule has 0 bridgehead atoms. The molecule has 0 aliphatic rings. The summed E-state index contributed by atoms with van der Waals surface area (Å²) in [6.07, 6.45) is 4.27. The fourth-order valence-electron chi connectivity index (χ4n) is 2.24. The van der Waals surface area contributed by atoms with Crippen LogP contribution in [-0.2, 0) is 17.9 Å². The first kappa shape index (κ1) is 17.6. The number of carboxylic acid groups (broad SMARTS) is 1. The Bertz CT molecular complexity index is 935. The van der Waals surface area contributed by atoms with Crippen molar-refractivity contribution in [1.82, 2.24) is 24.5 Å². The first-order valence-electron chi connectivity index (χ1n) is 7.69. The monoisotopic (exact) mass is 374 g/mol. The molecule has 1 amide bonds. The third kappa shape index (κ3) is 4.67. The van der Waals surface area contributed by atoms with Crippen molar-refractivity contribution in [3.63, 3.8) is 0 Å². The van der Waals surface area contributed by atoms with Gasteiger partial charge in [-0.15, -0.1) is 5.10 Å². The van der Waals surface area contributed by atoms with Crippen molar-refractivity contribution in [2.24, 2.45) is 0 Å². The minimum atomic E-state index is -0.930. The van der Waals surface area contributed by atoms with E-state index in [1.165, 1.54) is 23.4 Å². The normalized spacial score (nSPS) is 10.7. The van der Waals surface area contributed by atoms with Gasteiger partial charge >= 0.3 is 5.97 Å². The first-order valence-corrected chi connectivity index (χ1v) is 8.07. The van der Waals surface area contributed by atoms with Gasteiger partial charge < -0.3 is 5.11 Å². The summed E-state index contributed by atoms with van der Waals surface area (Å²) in [6, 6.07) is 7.37. The Labute approximate surface area is 153 Å². The van der Waals surface area contributed by atoms with E-state index < -0.39 is 11.9 Å². The lowest BCUT2D eigenvalue weighted by molar-refractivity contribution is -0.137. The lowest BCUT2D eigenvalue weighted by atomic mass is 10.2. The van der Waals surface area contributed by atoms with Crippen molar-refractivity contribution in [2.45, 2.75) is 19.5 Å². The molecule has 0 radical (unpaired) electrons. The fraction of sp³-hybridized carbons (Fsp3) is 0.188. The van der Waals surface area contributed by atoms with Gasteiger partial charge in [0.25, 0.3) is 5.91 Å². The molecule has 2 aromatic heterocycles. The Balaban J connectivity index is 1.60. The average Bonchev–Trinajstić information content (AvgIpc) is 3.22. The smallest absolute Gasteiger partial charge is 0.305 e. The topological polar surface area (TPSA) is 115 Å². The molecule has 134 valence electrons. The summed E-state index contributed by atoms with van der Waals surface area (Å²) in [6.45, 7) is 0.658. The minimum Gasteiger partial charge on any atom is -0.481 e. The number of nitrogens with one attached hydrogen (secondary N) is 1. The SMILES string of the molecule is O=C(O)CCn1cc(C(=O)Nc2ncn(Cc3cccc(Cl)c3)n2)cn1. The molecule has 3 aromatic rings. The number of carbonyl (C=O) groups is 2. The van der Waals surface area contributed by atoms with Crippen LogP contribution < -0.4 is 5.32 Å². The van der Waals surface area contributed by atoms with E-state index in [4.69, 9.17) is 16.7 Å². The standard InChI is InChI=1S/C16H15ClN6O3/c17-13-3-1-2-11(6-13)8-23-10-18-16(21-23)20-15(26)12-7-19-22(9-12)5-4-14(24)25/h1-3,6-7,9-10H,4-5,8H2,(H,24,25)(H,20,21,26). The summed E-state index contributed by atoms with van der Waals surface area (Å²) >= 11 is 5.95. The van der Waals surface area contributed by atoms with Crippen molar-refractivity contribution in [1.29, 1.82) is 0 Å². The molecule has 0 aliphatic heterocycles. The third-order valence-corrected chi connectivity index (χ3v) is 3.68. The van der Waals surface area contributed by atoms with Crippen LogP contribution in [0.4, 0.5) is 5.95 Å². The van der Waals surface area contributed by atoms with Gasteiger partial charge in [-0.1, -0.05) is 23.7 Å². The van der Waals surface area contributed by atoms with Crippen molar-refractivity contribution in [3.8, 4) is 0 Å². The second-order valence-corrected chi connectivity index (χ2v) is 5.92. The number of carboxylic acids is 1. The molecule has 2 heterocycles. The van der Waals surface area contributed by atoms with E-state index in [0.29, 0.717) is 17.1 Å². The molecule has 10 heteroatoms. The minimum absolute atomic E-state index is 0.0712. The summed E-state index contributed by atoms with van der Waals surface area (Å²) in [5.41, 5.74) is 1.25. The largest absolute Gasteiger partial charge is 0.481 e. The van der Waals surface area contributed by atoms with Crippen LogP contribution in [0, 0.1) is 0 Å². The zero-order chi connectivity index (χ0) is 18.5. The Hall–Kier alpha value is -3.20. The molecule has 1 aromatic carbocycles. The van der Waals surface area contributed by atoms with Crippen LogP contribution in [0.25, 0.3) is 0 Å². The number of nitrogens with zero attached hydrogens (tertiary/aromatic N) is 5. The molecule has 0 atom stereocenters. The summed E-state index contributed by atoms with van der Waals surface area (Å²) in [7, 11) is 0. The zero-order valence-electron chi connectivity index (χ0n) is 13.5. The molecule has 0 spiro atoms. The van der Waals surface area contributed by atoms with E-state index in [9.17, 15) is 9.59 Å². The summed E-state index contributed by atoms with van der Waals surface area (Å²) < 4.78 is 2.98. The number of amides is 1. The second-order valence-electron chi connectivity index (χ2n) is 5.49. The van der Waals surface area contributed by atoms with Crippen molar-refractivity contribution >= 4 is 29.4 Å². The Morgan fingerprint density at radius 3 is 2.88 bits per heavy atom. The van der Waals surface area contributed by atoms with Crippen LogP contribution in [0.1, 0.15) is 22.3 Å². The van der Waals surface area contributed by atoms with Crippen molar-refractivity contribution in [2.75, 3.05) is 5.32 Å². The van der Waals surface area contributed by atoms with E-state index in [-0.39, 0.29) is 18.9 Å². The van der Waals surface area contributed by atoms with Crippen LogP contribution in [0.15, 0.2) is 43.0 Å². The van der Waals surface area contributed by atoms with Crippen LogP contribution in [0.3, 0.4) is 0 Å². The predicted octanol–water partition coefficient (Wildman–Crippen LogP) is 1.90. The number of anilines is 1. The average molecular weight is 375 g/mol. The van der Waals surface area contributed by atoms with E-state index in [2.05, 4.69) is 20.5 Å². The van der Waals surface area contributed by atoms with Gasteiger partial charge in [-0.3, -0.25) is 19.6 Å². The predicted molar refractivity (Wildman–Crippen MR) is 93.0 cm³/mol. The van der Waals surface area contributed by atoms with E-state index in [1.54, 1.807) is 10.7 Å². The number of aromatic nitrogens is 5. The molecular weight excluding hydrogens is 360 g/mol. The number of carbonyl (C=O) groups excluding carboxylic acids is 1. The Morgan fingerprint density at radius 2 is 2.12 bits per heavy atom. The molecule has 2 N–H and O–H groups in total. The highest BCUT2D eigenvalue weighted by Crippen LogP contribution is 2.12. The maximum Gasteiger partial charge on any atom is 0.305 e. The number of aliphatic carboxylic acids is 1. The van der Waals surface area contributed by atoms with Gasteiger partial charge in [-0.05, 0) is 17.7 Å². The molecule has 0 saturated carbocycles. The number of benzene rings is 1. The highest BCUT2D eigenvalue weighted by Gasteiger charge is 2.12. The zero-order valence-corrected chi connectivity index (χ0v) is 14.3. The van der Waals surface area contributed by atoms with Gasteiger partial charge in [0.2, 0.25) is 5.95 Å². The lowest BCUT2D eigenvalue weighted by Gasteiger charge is -2.01. The number of hydrogen-bond donors (Lipinski definition) is 2. The maximum absolute atomic E-state index is 12.2. The van der Waals surface area contributed by atoms with Crippen molar-refractivity contribution < 1.29 is 14.7 Å². The van der Waals surface area contributed by atoms with Crippen molar-refractivity contribution in [3.05, 3.63) is 59.1 Å². The molecule has 3 rings (SSSR count). The Kier molecular flexibility index (Phi) is 5.28. The molecule has 9 nitrogen and oxygen atoms in total. The molecule has 0 aliphatic carbocycles. The van der Waals surface area contributed by atoms with Gasteiger partial charge in [0.15, 0.2) is 0 Å². The second kappa shape index (κ2) is 7.79. The number of aryl methyl sites for hydroxylation is 1. The molecular formula is C16H15ClN6O3. The number of halogens is 1. The van der Waals surface area contributed by atoms with Gasteiger partial charge in [0.05, 0.1) is 31.3 Å². The van der Waals surface area contributed by atoms with E-state index >= 15 is 0 Å². The lowest BCUT2D eigenvalue weighted by Crippen LogP contribution is -2.13. The Morgan fingerprint density at radius 1 is 1.27 bits per heavy atom. The van der Waals surface area contributed by atoms with Crippen LogP contribution in [0.2, 0.25) is 5.02 Å². The summed E-state index contributed by atoms with van der Waals surface area (Å²) in [5, 5.41) is 20.0. The van der Waals surface area contributed by atoms with Gasteiger partial charge in [-0.2, -0.15) is 5.10 Å². The van der Waals surface area contributed by atoms with Crippen LogP contribution >= 0.6 is 11.6 Å². The molecule has 26 heavy (non-hydrogen) atoms. The highest BCUT2D eigenvalue weighted by atomic mass is 35.5. The number of rotatable bonds is 7. The highest BCUT2D eigenvalue weighted by molar-refractivity contribution is 6.30. The van der Waals surface area contributed by atoms with Crippen LogP contribution in [-0.4, -0.2) is 41.5 Å². The summed E-state index contributed by atoms with van der Waals surface area (Å²) in [5.74, 6) is -1.19. The maximum atomic E-state index is 12.2. The van der Waals surface area contributed by atoms with Crippen LogP contribution in [0.5, 0.6) is 0 Å². The van der Waals surface area contributed by atoms with Gasteiger partial charge in [0.1, 0.15) is 6.33 Å². The fourth-order valence-corrected chi connectivity index (χ4v) is 2.45. The third-order valence-electron chi connectivity index (χ3n) is 3.45. The van der Waals surface area contributed by atoms with Gasteiger partial charge in [0, 0.05) is 11.2 Å². The van der Waals surface area contributed by atoms with E-state index in [1.807, 2.05) is 18.2 Å². The summed E-state index contributed by atoms with van der Waals surface area (Å²) in [4.78, 5) is 26.8. The quantitative estimate of drug-likeness (QED) is 0.652. The number of hydrogen-bond acceptors (Lipinski definition) is 5. The first-order chi connectivity index (χ1) is 12.5. The molecule has 0 unspecified atom stereocenters.